The molecule has 1 N–H and O–H groups in total. The van der Waals surface area contributed by atoms with Crippen LogP contribution in [0.15, 0.2) is 30.3 Å². The minimum Gasteiger partial charge on any atom is -0.493 e. The molecule has 0 spiro atoms. The molecule has 0 saturated carbocycles. The van der Waals surface area contributed by atoms with Crippen LogP contribution < -0.4 is 19.7 Å². The quantitative estimate of drug-likeness (QED) is 0.843. The van der Waals surface area contributed by atoms with Crippen molar-refractivity contribution in [1.29, 1.82) is 0 Å². The number of fused-ring (bicyclic) bond motifs is 1. The van der Waals surface area contributed by atoms with Crippen molar-refractivity contribution in [1.82, 2.24) is 0 Å². The maximum absolute atomic E-state index is 12.9. The maximum Gasteiger partial charge on any atom is 0.229 e. The molecule has 4 rings (SSSR count). The number of methoxy groups -OCH3 is 2. The Bertz CT molecular complexity index is 970. The van der Waals surface area contributed by atoms with E-state index in [1.807, 2.05) is 19.1 Å². The molecule has 6 heteroatoms. The molecule has 1 saturated heterocycles. The van der Waals surface area contributed by atoms with Gasteiger partial charge in [0.25, 0.3) is 0 Å². The zero-order valence-electron chi connectivity index (χ0n) is 17.1. The van der Waals surface area contributed by atoms with Crippen LogP contribution in [0.1, 0.15) is 29.5 Å². The first-order valence-electron chi connectivity index (χ1n) is 9.96. The second kappa shape index (κ2) is 7.78. The first-order valence-corrected chi connectivity index (χ1v) is 9.96. The molecule has 2 aliphatic rings. The normalized spacial score (nSPS) is 18.0. The number of aryl methyl sites for hydroxylation is 3. The Hall–Kier alpha value is -3.02. The van der Waals surface area contributed by atoms with Gasteiger partial charge in [0.15, 0.2) is 11.5 Å². The van der Waals surface area contributed by atoms with E-state index in [1.54, 1.807) is 25.2 Å². The molecule has 6 nitrogen and oxygen atoms in total. The van der Waals surface area contributed by atoms with Crippen LogP contribution in [0.5, 0.6) is 11.5 Å². The summed E-state index contributed by atoms with van der Waals surface area (Å²) in [6.45, 7) is 2.30. The molecule has 1 aliphatic carbocycles. The van der Waals surface area contributed by atoms with Crippen LogP contribution in [-0.4, -0.2) is 32.6 Å². The Labute approximate surface area is 170 Å². The zero-order valence-corrected chi connectivity index (χ0v) is 17.1. The number of rotatable bonds is 5. The summed E-state index contributed by atoms with van der Waals surface area (Å²) in [4.78, 5) is 27.2. The highest BCUT2D eigenvalue weighted by Gasteiger charge is 2.35. The average molecular weight is 394 g/mol. The van der Waals surface area contributed by atoms with Gasteiger partial charge in [-0.2, -0.15) is 0 Å². The number of amides is 2. The second-order valence-electron chi connectivity index (χ2n) is 7.72. The molecule has 1 aliphatic heterocycles. The van der Waals surface area contributed by atoms with Crippen molar-refractivity contribution in [3.63, 3.8) is 0 Å². The van der Waals surface area contributed by atoms with Gasteiger partial charge in [-0.05, 0) is 61.1 Å². The van der Waals surface area contributed by atoms with Gasteiger partial charge in [0.1, 0.15) is 0 Å². The smallest absolute Gasteiger partial charge is 0.229 e. The third-order valence-corrected chi connectivity index (χ3v) is 5.88. The third-order valence-electron chi connectivity index (χ3n) is 5.88. The van der Waals surface area contributed by atoms with E-state index in [4.69, 9.17) is 9.47 Å². The summed E-state index contributed by atoms with van der Waals surface area (Å²) in [5.41, 5.74) is 5.13. The van der Waals surface area contributed by atoms with Gasteiger partial charge in [0.05, 0.1) is 20.1 Å². The SMILES string of the molecule is COc1cc(C)c(NC(=O)C2CC(=O)N(c3ccc4c(c3)CCC4)C2)cc1OC. The Balaban J connectivity index is 1.49. The molecule has 2 aromatic rings. The van der Waals surface area contributed by atoms with Gasteiger partial charge < -0.3 is 19.7 Å². The highest BCUT2D eigenvalue weighted by molar-refractivity contribution is 6.03. The lowest BCUT2D eigenvalue weighted by molar-refractivity contribution is -0.122. The van der Waals surface area contributed by atoms with Crippen LogP contribution >= 0.6 is 0 Å². The molecule has 1 unspecified atom stereocenters. The van der Waals surface area contributed by atoms with E-state index in [1.165, 1.54) is 17.5 Å². The Morgan fingerprint density at radius 3 is 2.55 bits per heavy atom. The molecule has 0 aromatic heterocycles. The minimum atomic E-state index is -0.386. The number of nitrogens with zero attached hydrogens (tertiary/aromatic N) is 1. The van der Waals surface area contributed by atoms with Crippen molar-refractivity contribution < 1.29 is 19.1 Å². The average Bonchev–Trinajstić information content (AvgIpc) is 3.34. The van der Waals surface area contributed by atoms with Crippen LogP contribution in [-0.2, 0) is 22.4 Å². The Kier molecular flexibility index (Phi) is 5.18. The Morgan fingerprint density at radius 1 is 1.07 bits per heavy atom. The lowest BCUT2D eigenvalue weighted by Crippen LogP contribution is -2.28. The van der Waals surface area contributed by atoms with E-state index in [0.29, 0.717) is 23.7 Å². The number of hydrogen-bond acceptors (Lipinski definition) is 4. The first-order chi connectivity index (χ1) is 14.0. The predicted octanol–water partition coefficient (Wildman–Crippen LogP) is 3.49. The third kappa shape index (κ3) is 3.67. The number of carbonyl (C=O) groups excluding carboxylic acids is 2. The van der Waals surface area contributed by atoms with Crippen LogP contribution in [0.25, 0.3) is 0 Å². The largest absolute Gasteiger partial charge is 0.493 e. The van der Waals surface area contributed by atoms with Crippen molar-refractivity contribution in [2.45, 2.75) is 32.6 Å². The molecule has 152 valence electrons. The van der Waals surface area contributed by atoms with E-state index in [9.17, 15) is 9.59 Å². The zero-order chi connectivity index (χ0) is 20.5. The van der Waals surface area contributed by atoms with Crippen molar-refractivity contribution in [2.75, 3.05) is 31.0 Å². The lowest BCUT2D eigenvalue weighted by Gasteiger charge is -2.18. The van der Waals surface area contributed by atoms with Gasteiger partial charge in [0, 0.05) is 30.4 Å². The summed E-state index contributed by atoms with van der Waals surface area (Å²) in [5.74, 6) is 0.616. The fourth-order valence-corrected chi connectivity index (χ4v) is 4.21. The molecular formula is C23H26N2O4. The minimum absolute atomic E-state index is 0.00729. The Morgan fingerprint density at radius 2 is 1.79 bits per heavy atom. The van der Waals surface area contributed by atoms with Crippen molar-refractivity contribution in [3.8, 4) is 11.5 Å². The number of anilines is 2. The molecule has 2 aromatic carbocycles. The number of hydrogen-bond donors (Lipinski definition) is 1. The van der Waals surface area contributed by atoms with E-state index >= 15 is 0 Å². The molecule has 29 heavy (non-hydrogen) atoms. The van der Waals surface area contributed by atoms with Crippen LogP contribution in [0.3, 0.4) is 0 Å². The summed E-state index contributed by atoms with van der Waals surface area (Å²) in [5, 5.41) is 2.96. The number of benzene rings is 2. The topological polar surface area (TPSA) is 67.9 Å². The van der Waals surface area contributed by atoms with E-state index < -0.39 is 0 Å². The summed E-state index contributed by atoms with van der Waals surface area (Å²) < 4.78 is 10.6. The molecule has 0 radical (unpaired) electrons. The van der Waals surface area contributed by atoms with Gasteiger partial charge in [0.2, 0.25) is 11.8 Å². The molecular weight excluding hydrogens is 368 g/mol. The van der Waals surface area contributed by atoms with Gasteiger partial charge in [-0.3, -0.25) is 9.59 Å². The maximum atomic E-state index is 12.9. The monoisotopic (exact) mass is 394 g/mol. The standard InChI is InChI=1S/C23H26N2O4/c1-14-9-20(28-2)21(29-3)12-19(14)24-23(27)17-11-22(26)25(13-17)18-8-7-15-5-4-6-16(15)10-18/h7-10,12,17H,4-6,11,13H2,1-3H3,(H,24,27). The van der Waals surface area contributed by atoms with E-state index in [2.05, 4.69) is 17.4 Å². The summed E-state index contributed by atoms with van der Waals surface area (Å²) >= 11 is 0. The van der Waals surface area contributed by atoms with Crippen molar-refractivity contribution >= 4 is 23.2 Å². The number of nitrogens with one attached hydrogen (secondary N) is 1. The highest BCUT2D eigenvalue weighted by atomic mass is 16.5. The molecule has 1 heterocycles. The molecule has 2 amide bonds. The highest BCUT2D eigenvalue weighted by Crippen LogP contribution is 2.34. The molecule has 1 atom stereocenters. The van der Waals surface area contributed by atoms with E-state index in [0.717, 1.165) is 24.1 Å². The number of ether oxygens (including phenoxy) is 2. The number of carbonyl (C=O) groups is 2. The fourth-order valence-electron chi connectivity index (χ4n) is 4.21. The summed E-state index contributed by atoms with van der Waals surface area (Å²) in [7, 11) is 3.14. The summed E-state index contributed by atoms with van der Waals surface area (Å²) in [6.07, 6.45) is 3.56. The van der Waals surface area contributed by atoms with Gasteiger partial charge >= 0.3 is 0 Å². The van der Waals surface area contributed by atoms with Crippen LogP contribution in [0.2, 0.25) is 0 Å². The van der Waals surface area contributed by atoms with E-state index in [-0.39, 0.29) is 24.2 Å². The predicted molar refractivity (Wildman–Crippen MR) is 112 cm³/mol. The van der Waals surface area contributed by atoms with Gasteiger partial charge in [-0.1, -0.05) is 6.07 Å². The van der Waals surface area contributed by atoms with Crippen LogP contribution in [0.4, 0.5) is 11.4 Å². The molecule has 1 fully saturated rings. The van der Waals surface area contributed by atoms with Gasteiger partial charge in [-0.25, -0.2) is 0 Å². The van der Waals surface area contributed by atoms with Crippen LogP contribution in [0, 0.1) is 12.8 Å². The lowest BCUT2D eigenvalue weighted by atomic mass is 10.1. The van der Waals surface area contributed by atoms with Crippen molar-refractivity contribution in [3.05, 3.63) is 47.0 Å². The van der Waals surface area contributed by atoms with Gasteiger partial charge in [-0.15, -0.1) is 0 Å². The van der Waals surface area contributed by atoms with Crippen molar-refractivity contribution in [2.24, 2.45) is 5.92 Å². The first kappa shape index (κ1) is 19.3. The fraction of sp³-hybridized carbons (Fsp3) is 0.391. The summed E-state index contributed by atoms with van der Waals surface area (Å²) in [6, 6.07) is 9.80. The second-order valence-corrected chi connectivity index (χ2v) is 7.72. The molecule has 0 bridgehead atoms.